The lowest BCUT2D eigenvalue weighted by atomic mass is 10.0. The quantitative estimate of drug-likeness (QED) is 0.725. The molecule has 1 aliphatic heterocycles. The van der Waals surface area contributed by atoms with Gasteiger partial charge in [0.2, 0.25) is 0 Å². The fraction of sp³-hybridized carbons (Fsp3) is 0.200. The predicted octanol–water partition coefficient (Wildman–Crippen LogP) is 2.61. The zero-order valence-corrected chi connectivity index (χ0v) is 12.2. The second-order valence-corrected chi connectivity index (χ2v) is 5.74. The number of rotatable bonds is 1. The van der Waals surface area contributed by atoms with Crippen molar-refractivity contribution in [1.29, 1.82) is 0 Å². The van der Waals surface area contributed by atoms with Gasteiger partial charge in [0.05, 0.1) is 16.2 Å². The van der Waals surface area contributed by atoms with Crippen LogP contribution in [0.4, 0.5) is 10.1 Å². The molecule has 2 aromatic heterocycles. The molecule has 0 aliphatic carbocycles. The van der Waals surface area contributed by atoms with Gasteiger partial charge in [-0.05, 0) is 29.8 Å². The molecule has 0 amide bonds. The van der Waals surface area contributed by atoms with E-state index in [-0.39, 0.29) is 11.5 Å². The molecule has 1 aliphatic rings. The molecule has 4 rings (SSSR count). The first kappa shape index (κ1) is 13.3. The van der Waals surface area contributed by atoms with Crippen molar-refractivity contribution in [3.05, 3.63) is 56.8 Å². The average Bonchev–Trinajstić information content (AvgIpc) is 2.83. The van der Waals surface area contributed by atoms with Crippen LogP contribution in [0.2, 0.25) is 5.02 Å². The monoisotopic (exact) mass is 318 g/mol. The topological polar surface area (TPSA) is 64.8 Å². The fourth-order valence-electron chi connectivity index (χ4n) is 2.87. The summed E-state index contributed by atoms with van der Waals surface area (Å²) < 4.78 is 13.2. The Balaban J connectivity index is 1.73. The molecular formula is C15H12ClFN4O. The average molecular weight is 319 g/mol. The molecule has 0 saturated carbocycles. The number of fused-ring (bicyclic) bond motifs is 2. The first-order valence-electron chi connectivity index (χ1n) is 6.91. The van der Waals surface area contributed by atoms with E-state index in [0.29, 0.717) is 22.7 Å². The fourth-order valence-corrected chi connectivity index (χ4v) is 3.15. The van der Waals surface area contributed by atoms with Crippen LogP contribution in [0, 0.1) is 5.82 Å². The Morgan fingerprint density at radius 1 is 1.27 bits per heavy atom. The first-order chi connectivity index (χ1) is 10.6. The summed E-state index contributed by atoms with van der Waals surface area (Å²) in [5.74, 6) is -0.348. The number of benzene rings is 1. The summed E-state index contributed by atoms with van der Waals surface area (Å²) >= 11 is 6.14. The normalized spacial score (nSPS) is 14.4. The Morgan fingerprint density at radius 2 is 2.14 bits per heavy atom. The van der Waals surface area contributed by atoms with Crippen LogP contribution in [0.15, 0.2) is 29.1 Å². The summed E-state index contributed by atoms with van der Waals surface area (Å²) in [6.07, 6.45) is 0.742. The number of pyridine rings is 1. The molecule has 1 aromatic carbocycles. The van der Waals surface area contributed by atoms with Gasteiger partial charge < -0.3 is 9.88 Å². The zero-order chi connectivity index (χ0) is 15.3. The van der Waals surface area contributed by atoms with E-state index in [4.69, 9.17) is 11.6 Å². The molecule has 5 nitrogen and oxygen atoms in total. The van der Waals surface area contributed by atoms with Crippen molar-refractivity contribution in [3.8, 4) is 0 Å². The largest absolute Gasteiger partial charge is 0.366 e. The van der Waals surface area contributed by atoms with E-state index in [9.17, 15) is 9.18 Å². The van der Waals surface area contributed by atoms with Crippen molar-refractivity contribution in [2.45, 2.75) is 13.0 Å². The molecular weight excluding hydrogens is 307 g/mol. The lowest BCUT2D eigenvalue weighted by Crippen LogP contribution is -2.31. The van der Waals surface area contributed by atoms with Crippen LogP contribution in [0.3, 0.4) is 0 Å². The summed E-state index contributed by atoms with van der Waals surface area (Å²) in [4.78, 5) is 23.3. The van der Waals surface area contributed by atoms with Gasteiger partial charge in [0.1, 0.15) is 5.82 Å². The van der Waals surface area contributed by atoms with E-state index >= 15 is 0 Å². The number of hydrogen-bond donors (Lipinski definition) is 2. The standard InChI is InChI=1S/C15H12ClFN4O/c16-10-6-9(17)1-2-13(10)21-4-3-11-8(7-21)5-12-14(18-11)20-15(22)19-12/h1-2,5-6H,3-4,7H2,(H2,18,19,20,22). The molecule has 0 atom stereocenters. The van der Waals surface area contributed by atoms with Gasteiger partial charge in [-0.1, -0.05) is 11.6 Å². The van der Waals surface area contributed by atoms with Crippen molar-refractivity contribution in [3.63, 3.8) is 0 Å². The molecule has 3 aromatic rings. The van der Waals surface area contributed by atoms with E-state index in [1.807, 2.05) is 6.07 Å². The highest BCUT2D eigenvalue weighted by Gasteiger charge is 2.21. The van der Waals surface area contributed by atoms with Gasteiger partial charge in [-0.3, -0.25) is 4.98 Å². The molecule has 0 fully saturated rings. The van der Waals surface area contributed by atoms with Gasteiger partial charge in [-0.2, -0.15) is 0 Å². The van der Waals surface area contributed by atoms with Gasteiger partial charge >= 0.3 is 5.69 Å². The zero-order valence-electron chi connectivity index (χ0n) is 11.5. The highest BCUT2D eigenvalue weighted by atomic mass is 35.5. The van der Waals surface area contributed by atoms with Gasteiger partial charge in [-0.25, -0.2) is 14.2 Å². The number of H-pyrrole nitrogens is 2. The van der Waals surface area contributed by atoms with Crippen LogP contribution in [0.25, 0.3) is 11.2 Å². The number of aromatic amines is 2. The second kappa shape index (κ2) is 4.84. The molecule has 0 spiro atoms. The number of hydrogen-bond acceptors (Lipinski definition) is 3. The Hall–Kier alpha value is -2.34. The molecule has 0 radical (unpaired) electrons. The number of anilines is 1. The maximum atomic E-state index is 13.2. The van der Waals surface area contributed by atoms with Crippen LogP contribution < -0.4 is 10.6 Å². The minimum atomic E-state index is -0.348. The van der Waals surface area contributed by atoms with Crippen LogP contribution in [-0.4, -0.2) is 21.5 Å². The Kier molecular flexibility index (Phi) is 2.94. The molecule has 0 saturated heterocycles. The molecule has 22 heavy (non-hydrogen) atoms. The highest BCUT2D eigenvalue weighted by molar-refractivity contribution is 6.33. The lowest BCUT2D eigenvalue weighted by Gasteiger charge is -2.30. The molecule has 3 heterocycles. The van der Waals surface area contributed by atoms with Crippen molar-refractivity contribution >= 4 is 28.5 Å². The minimum Gasteiger partial charge on any atom is -0.366 e. The Bertz CT molecular complexity index is 933. The van der Waals surface area contributed by atoms with Crippen LogP contribution in [0.5, 0.6) is 0 Å². The summed E-state index contributed by atoms with van der Waals surface area (Å²) in [5.41, 5.74) is 3.82. The molecule has 2 N–H and O–H groups in total. The molecule has 0 unspecified atom stereocenters. The maximum absolute atomic E-state index is 13.2. The van der Waals surface area contributed by atoms with E-state index < -0.39 is 0 Å². The van der Waals surface area contributed by atoms with E-state index in [1.54, 1.807) is 6.07 Å². The third kappa shape index (κ3) is 2.16. The van der Waals surface area contributed by atoms with Crippen LogP contribution in [0.1, 0.15) is 11.3 Å². The number of nitrogens with zero attached hydrogens (tertiary/aromatic N) is 2. The number of imidazole rings is 1. The smallest absolute Gasteiger partial charge is 0.325 e. The van der Waals surface area contributed by atoms with Gasteiger partial charge in [0.15, 0.2) is 5.65 Å². The van der Waals surface area contributed by atoms with E-state index in [0.717, 1.165) is 29.9 Å². The van der Waals surface area contributed by atoms with Gasteiger partial charge in [-0.15, -0.1) is 0 Å². The third-order valence-corrected chi connectivity index (χ3v) is 4.20. The van der Waals surface area contributed by atoms with Crippen molar-refractivity contribution in [1.82, 2.24) is 15.0 Å². The van der Waals surface area contributed by atoms with Crippen molar-refractivity contribution in [2.75, 3.05) is 11.4 Å². The Labute approximate surface area is 129 Å². The lowest BCUT2D eigenvalue weighted by molar-refractivity contribution is 0.627. The first-order valence-corrected chi connectivity index (χ1v) is 7.29. The SMILES string of the molecule is O=c1[nH]c2cc3c(nc2[nH]1)CCN(c1ccc(F)cc1Cl)C3. The minimum absolute atomic E-state index is 0.261. The van der Waals surface area contributed by atoms with E-state index in [2.05, 4.69) is 19.9 Å². The van der Waals surface area contributed by atoms with Gasteiger partial charge in [0.25, 0.3) is 0 Å². The highest BCUT2D eigenvalue weighted by Crippen LogP contribution is 2.31. The number of nitrogens with one attached hydrogen (secondary N) is 2. The summed E-state index contributed by atoms with van der Waals surface area (Å²) in [6.45, 7) is 1.36. The van der Waals surface area contributed by atoms with Crippen molar-refractivity contribution < 1.29 is 4.39 Å². The second-order valence-electron chi connectivity index (χ2n) is 5.34. The summed E-state index contributed by atoms with van der Waals surface area (Å²) in [6, 6.07) is 6.34. The van der Waals surface area contributed by atoms with E-state index in [1.165, 1.54) is 12.1 Å². The predicted molar refractivity (Wildman–Crippen MR) is 82.9 cm³/mol. The van der Waals surface area contributed by atoms with Gasteiger partial charge in [0, 0.05) is 25.2 Å². The molecule has 0 bridgehead atoms. The Morgan fingerprint density at radius 3 is 2.95 bits per heavy atom. The van der Waals surface area contributed by atoms with Crippen LogP contribution >= 0.6 is 11.6 Å². The van der Waals surface area contributed by atoms with Crippen molar-refractivity contribution in [2.24, 2.45) is 0 Å². The summed E-state index contributed by atoms with van der Waals surface area (Å²) in [5, 5.41) is 0.396. The third-order valence-electron chi connectivity index (χ3n) is 3.90. The number of halogens is 2. The van der Waals surface area contributed by atoms with Crippen LogP contribution in [-0.2, 0) is 13.0 Å². The number of aromatic nitrogens is 3. The maximum Gasteiger partial charge on any atom is 0.325 e. The summed E-state index contributed by atoms with van der Waals surface area (Å²) in [7, 11) is 0. The molecule has 7 heteroatoms. The molecule has 112 valence electrons.